The van der Waals surface area contributed by atoms with Crippen LogP contribution < -0.4 is 15.0 Å². The number of rotatable bonds is 8. The highest BCUT2D eigenvalue weighted by Gasteiger charge is 2.22. The van der Waals surface area contributed by atoms with Crippen molar-refractivity contribution in [1.29, 1.82) is 0 Å². The van der Waals surface area contributed by atoms with Crippen LogP contribution in [0.25, 0.3) is 33.4 Å². The zero-order valence-electron chi connectivity index (χ0n) is 22.2. The summed E-state index contributed by atoms with van der Waals surface area (Å²) in [7, 11) is 2.16. The van der Waals surface area contributed by atoms with Gasteiger partial charge in [0.1, 0.15) is 12.0 Å². The molecule has 0 saturated carbocycles. The van der Waals surface area contributed by atoms with E-state index < -0.39 is 0 Å². The second kappa shape index (κ2) is 11.1. The van der Waals surface area contributed by atoms with Gasteiger partial charge >= 0.3 is 0 Å². The van der Waals surface area contributed by atoms with Crippen molar-refractivity contribution >= 4 is 28.3 Å². The largest absolute Gasteiger partial charge is 0.477 e. The molecule has 38 heavy (non-hydrogen) atoms. The second-order valence-electron chi connectivity index (χ2n) is 10.1. The number of ether oxygens (including phenoxy) is 1. The van der Waals surface area contributed by atoms with Gasteiger partial charge in [-0.2, -0.15) is 0 Å². The highest BCUT2D eigenvalue weighted by Crippen LogP contribution is 2.42. The van der Waals surface area contributed by atoms with E-state index in [9.17, 15) is 4.79 Å². The lowest BCUT2D eigenvalue weighted by atomic mass is 9.98. The van der Waals surface area contributed by atoms with Crippen molar-refractivity contribution in [3.8, 4) is 28.3 Å². The highest BCUT2D eigenvalue weighted by molar-refractivity contribution is 6.06. The SMILES string of the molecule is C=CC(=O)Nc1cccc(-c2c(-c3ccc(N4CCN(C)CC4)cc3)[nH]c3ncnc(OCC(C)C)c23)c1. The number of aromatic nitrogens is 3. The van der Waals surface area contributed by atoms with Crippen LogP contribution in [0.3, 0.4) is 0 Å². The Balaban J connectivity index is 1.61. The average molecular weight is 511 g/mol. The number of hydrogen-bond donors (Lipinski definition) is 2. The number of fused-ring (bicyclic) bond motifs is 1. The molecule has 0 radical (unpaired) electrons. The van der Waals surface area contributed by atoms with Crippen molar-refractivity contribution in [3.63, 3.8) is 0 Å². The zero-order chi connectivity index (χ0) is 26.6. The minimum Gasteiger partial charge on any atom is -0.477 e. The van der Waals surface area contributed by atoms with E-state index in [1.807, 2.05) is 24.3 Å². The Morgan fingerprint density at radius 1 is 1.11 bits per heavy atom. The maximum atomic E-state index is 12.0. The minimum absolute atomic E-state index is 0.259. The van der Waals surface area contributed by atoms with Crippen molar-refractivity contribution in [2.24, 2.45) is 5.92 Å². The van der Waals surface area contributed by atoms with E-state index >= 15 is 0 Å². The molecule has 2 aromatic carbocycles. The molecule has 1 fully saturated rings. The van der Waals surface area contributed by atoms with Crippen LogP contribution in [-0.4, -0.2) is 65.6 Å². The van der Waals surface area contributed by atoms with Crippen molar-refractivity contribution < 1.29 is 9.53 Å². The molecular formula is C30H34N6O2. The van der Waals surface area contributed by atoms with Gasteiger partial charge in [-0.25, -0.2) is 9.97 Å². The predicted molar refractivity (Wildman–Crippen MR) is 154 cm³/mol. The van der Waals surface area contributed by atoms with E-state index in [1.165, 1.54) is 18.1 Å². The number of aromatic amines is 1. The summed E-state index contributed by atoms with van der Waals surface area (Å²) in [6.45, 7) is 12.5. The lowest BCUT2D eigenvalue weighted by Gasteiger charge is -2.34. The number of benzene rings is 2. The van der Waals surface area contributed by atoms with Gasteiger partial charge in [0.15, 0.2) is 0 Å². The number of nitrogens with zero attached hydrogens (tertiary/aromatic N) is 4. The Morgan fingerprint density at radius 2 is 1.87 bits per heavy atom. The van der Waals surface area contributed by atoms with Crippen molar-refractivity contribution in [1.82, 2.24) is 19.9 Å². The van der Waals surface area contributed by atoms with Crippen molar-refractivity contribution in [2.45, 2.75) is 13.8 Å². The number of nitrogens with one attached hydrogen (secondary N) is 2. The molecule has 8 nitrogen and oxygen atoms in total. The molecule has 196 valence electrons. The van der Waals surface area contributed by atoms with Gasteiger partial charge in [-0.1, -0.05) is 44.7 Å². The summed E-state index contributed by atoms with van der Waals surface area (Å²) in [5.74, 6) is 0.627. The summed E-state index contributed by atoms with van der Waals surface area (Å²) < 4.78 is 6.15. The highest BCUT2D eigenvalue weighted by atomic mass is 16.5. The molecule has 3 heterocycles. The molecule has 0 unspecified atom stereocenters. The molecule has 2 aromatic heterocycles. The number of anilines is 2. The fourth-order valence-electron chi connectivity index (χ4n) is 4.70. The molecule has 1 aliphatic heterocycles. The molecular weight excluding hydrogens is 476 g/mol. The summed E-state index contributed by atoms with van der Waals surface area (Å²) in [5, 5.41) is 3.68. The Labute approximate surface area is 223 Å². The monoisotopic (exact) mass is 510 g/mol. The molecule has 0 aliphatic carbocycles. The maximum Gasteiger partial charge on any atom is 0.247 e. The van der Waals surface area contributed by atoms with Crippen LogP contribution in [-0.2, 0) is 4.79 Å². The van der Waals surface area contributed by atoms with Crippen LogP contribution >= 0.6 is 0 Å². The van der Waals surface area contributed by atoms with Gasteiger partial charge in [0.25, 0.3) is 0 Å². The van der Waals surface area contributed by atoms with Crippen LogP contribution in [0, 0.1) is 5.92 Å². The third-order valence-electron chi connectivity index (χ3n) is 6.74. The molecule has 4 aromatic rings. The first-order valence-electron chi connectivity index (χ1n) is 13.0. The maximum absolute atomic E-state index is 12.0. The molecule has 5 rings (SSSR count). The first kappa shape index (κ1) is 25.5. The third kappa shape index (κ3) is 5.40. The van der Waals surface area contributed by atoms with Crippen molar-refractivity contribution in [2.75, 3.05) is 50.1 Å². The quantitative estimate of drug-likeness (QED) is 0.317. The Bertz CT molecular complexity index is 1440. The molecule has 0 bridgehead atoms. The summed E-state index contributed by atoms with van der Waals surface area (Å²) in [6.07, 6.45) is 2.79. The van der Waals surface area contributed by atoms with Crippen LogP contribution in [0.5, 0.6) is 5.88 Å². The molecule has 2 N–H and O–H groups in total. The Kier molecular flexibility index (Phi) is 7.42. The fraction of sp³-hybridized carbons (Fsp3) is 0.300. The molecule has 0 atom stereocenters. The molecule has 8 heteroatoms. The third-order valence-corrected chi connectivity index (χ3v) is 6.74. The van der Waals surface area contributed by atoms with Gasteiger partial charge in [0.2, 0.25) is 11.8 Å². The topological polar surface area (TPSA) is 86.4 Å². The van der Waals surface area contributed by atoms with Gasteiger partial charge in [-0.15, -0.1) is 0 Å². The normalized spacial score (nSPS) is 14.2. The predicted octanol–water partition coefficient (Wildman–Crippen LogP) is 5.20. The minimum atomic E-state index is -0.259. The Hall–Kier alpha value is -4.17. The summed E-state index contributed by atoms with van der Waals surface area (Å²) in [6, 6.07) is 16.4. The first-order valence-corrected chi connectivity index (χ1v) is 13.0. The van der Waals surface area contributed by atoms with E-state index in [-0.39, 0.29) is 5.91 Å². The Morgan fingerprint density at radius 3 is 2.58 bits per heavy atom. The summed E-state index contributed by atoms with van der Waals surface area (Å²) >= 11 is 0. The zero-order valence-corrected chi connectivity index (χ0v) is 22.2. The van der Waals surface area contributed by atoms with Crippen LogP contribution in [0.15, 0.2) is 67.5 Å². The van der Waals surface area contributed by atoms with Gasteiger partial charge in [-0.3, -0.25) is 4.79 Å². The molecule has 1 aliphatic rings. The molecule has 1 saturated heterocycles. The van der Waals surface area contributed by atoms with E-state index in [0.29, 0.717) is 29.7 Å². The van der Waals surface area contributed by atoms with Gasteiger partial charge in [-0.05, 0) is 54.4 Å². The lowest BCUT2D eigenvalue weighted by Crippen LogP contribution is -2.44. The summed E-state index contributed by atoms with van der Waals surface area (Å²) in [5.41, 5.74) is 6.40. The lowest BCUT2D eigenvalue weighted by molar-refractivity contribution is -0.111. The number of carbonyl (C=O) groups is 1. The van der Waals surface area contributed by atoms with E-state index in [0.717, 1.165) is 53.9 Å². The number of amides is 1. The van der Waals surface area contributed by atoms with Crippen molar-refractivity contribution in [3.05, 3.63) is 67.5 Å². The average Bonchev–Trinajstić information content (AvgIpc) is 3.33. The number of H-pyrrole nitrogens is 1. The van der Waals surface area contributed by atoms with Crippen LogP contribution in [0.4, 0.5) is 11.4 Å². The number of carbonyl (C=O) groups excluding carboxylic acids is 1. The molecule has 0 spiro atoms. The standard InChI is InChI=1S/C30H34N6O2/c1-5-25(37)33-23-8-6-7-22(17-23)26-27-29(31-19-32-30(27)38-18-20(2)3)34-28(26)21-9-11-24(12-10-21)36-15-13-35(4)14-16-36/h5-12,17,19-20H,1,13-16,18H2,2-4H3,(H,33,37)(H,31,32,34). The van der Waals surface area contributed by atoms with E-state index in [4.69, 9.17) is 4.74 Å². The summed E-state index contributed by atoms with van der Waals surface area (Å²) in [4.78, 5) is 29.3. The van der Waals surface area contributed by atoms with Gasteiger partial charge < -0.3 is 24.8 Å². The fourth-order valence-corrected chi connectivity index (χ4v) is 4.70. The number of piperazine rings is 1. The van der Waals surface area contributed by atoms with E-state index in [1.54, 1.807) is 0 Å². The number of likely N-dealkylation sites (N-methyl/N-ethyl adjacent to an activating group) is 1. The van der Waals surface area contributed by atoms with Gasteiger partial charge in [0.05, 0.1) is 17.7 Å². The van der Waals surface area contributed by atoms with Gasteiger partial charge in [0, 0.05) is 43.1 Å². The smallest absolute Gasteiger partial charge is 0.247 e. The van der Waals surface area contributed by atoms with Crippen LogP contribution in [0.1, 0.15) is 13.8 Å². The van der Waals surface area contributed by atoms with Crippen LogP contribution in [0.2, 0.25) is 0 Å². The number of hydrogen-bond acceptors (Lipinski definition) is 6. The molecule has 1 amide bonds. The first-order chi connectivity index (χ1) is 18.4. The second-order valence-corrected chi connectivity index (χ2v) is 10.1. The van der Waals surface area contributed by atoms with E-state index in [2.05, 4.69) is 81.8 Å².